The Morgan fingerprint density at radius 2 is 2.00 bits per heavy atom. The molecule has 112 valence electrons. The molecule has 0 unspecified atom stereocenters. The standard InChI is InChI=1S/C14H19N5O2/c1-16-4-6-17(7-5-16)8-9-18-14-3-2-13(19(20)21)10-12(14)11-15-18/h2-3,10-11H,4-9H2,1H3. The molecule has 0 spiro atoms. The van der Waals surface area contributed by atoms with Crippen molar-refractivity contribution in [2.24, 2.45) is 0 Å². The quantitative estimate of drug-likeness (QED) is 0.625. The number of non-ortho nitro benzene ring substituents is 1. The van der Waals surface area contributed by atoms with E-state index in [1.54, 1.807) is 18.3 Å². The van der Waals surface area contributed by atoms with E-state index in [9.17, 15) is 10.1 Å². The minimum Gasteiger partial charge on any atom is -0.304 e. The van der Waals surface area contributed by atoms with Gasteiger partial charge in [-0.1, -0.05) is 0 Å². The summed E-state index contributed by atoms with van der Waals surface area (Å²) >= 11 is 0. The number of fused-ring (bicyclic) bond motifs is 1. The van der Waals surface area contributed by atoms with Crippen LogP contribution in [0, 0.1) is 10.1 Å². The lowest BCUT2D eigenvalue weighted by Crippen LogP contribution is -2.45. The fourth-order valence-electron chi connectivity index (χ4n) is 2.67. The smallest absolute Gasteiger partial charge is 0.270 e. The molecule has 0 radical (unpaired) electrons. The molecule has 0 N–H and O–H groups in total. The zero-order valence-corrected chi connectivity index (χ0v) is 12.1. The molecule has 0 amide bonds. The van der Waals surface area contributed by atoms with Crippen molar-refractivity contribution in [3.05, 3.63) is 34.5 Å². The molecule has 0 bridgehead atoms. The average Bonchev–Trinajstić information content (AvgIpc) is 2.89. The molecule has 2 aromatic rings. The number of hydrogen-bond acceptors (Lipinski definition) is 5. The third-order valence-electron chi connectivity index (χ3n) is 4.06. The van der Waals surface area contributed by atoms with Crippen molar-refractivity contribution in [1.82, 2.24) is 19.6 Å². The van der Waals surface area contributed by atoms with E-state index in [4.69, 9.17) is 0 Å². The summed E-state index contributed by atoms with van der Waals surface area (Å²) < 4.78 is 1.93. The summed E-state index contributed by atoms with van der Waals surface area (Å²) in [6, 6.07) is 4.90. The molecule has 1 aliphatic rings. The largest absolute Gasteiger partial charge is 0.304 e. The summed E-state index contributed by atoms with van der Waals surface area (Å²) in [5.41, 5.74) is 1.07. The Morgan fingerprint density at radius 1 is 1.24 bits per heavy atom. The van der Waals surface area contributed by atoms with Crippen molar-refractivity contribution in [2.75, 3.05) is 39.8 Å². The van der Waals surface area contributed by atoms with Gasteiger partial charge in [0.25, 0.3) is 5.69 Å². The lowest BCUT2D eigenvalue weighted by molar-refractivity contribution is -0.384. The molecule has 1 saturated heterocycles. The van der Waals surface area contributed by atoms with E-state index in [2.05, 4.69) is 21.9 Å². The molecule has 7 heteroatoms. The highest BCUT2D eigenvalue weighted by molar-refractivity contribution is 5.81. The second-order valence-electron chi connectivity index (χ2n) is 5.51. The van der Waals surface area contributed by atoms with Crippen LogP contribution in [-0.2, 0) is 6.54 Å². The SMILES string of the molecule is CN1CCN(CCn2ncc3cc([N+](=O)[O-])ccc32)CC1. The first-order chi connectivity index (χ1) is 10.1. The van der Waals surface area contributed by atoms with Crippen molar-refractivity contribution in [3.63, 3.8) is 0 Å². The summed E-state index contributed by atoms with van der Waals surface area (Å²) in [7, 11) is 2.14. The van der Waals surface area contributed by atoms with Gasteiger partial charge < -0.3 is 4.90 Å². The Kier molecular flexibility index (Phi) is 3.85. The number of nitro benzene ring substituents is 1. The zero-order valence-electron chi connectivity index (χ0n) is 12.1. The number of nitro groups is 1. The van der Waals surface area contributed by atoms with Crippen LogP contribution in [0.5, 0.6) is 0 Å². The first-order valence-corrected chi connectivity index (χ1v) is 7.14. The molecule has 1 fully saturated rings. The van der Waals surface area contributed by atoms with E-state index in [0.29, 0.717) is 0 Å². The molecule has 0 saturated carbocycles. The van der Waals surface area contributed by atoms with Crippen molar-refractivity contribution in [2.45, 2.75) is 6.54 Å². The first-order valence-electron chi connectivity index (χ1n) is 7.14. The van der Waals surface area contributed by atoms with Gasteiger partial charge >= 0.3 is 0 Å². The normalized spacial score (nSPS) is 17.4. The Balaban J connectivity index is 1.68. The van der Waals surface area contributed by atoms with Crippen LogP contribution in [0.25, 0.3) is 10.9 Å². The van der Waals surface area contributed by atoms with Crippen LogP contribution in [0.15, 0.2) is 24.4 Å². The van der Waals surface area contributed by atoms with Gasteiger partial charge in [0, 0.05) is 50.2 Å². The Bertz CT molecular complexity index is 646. The lowest BCUT2D eigenvalue weighted by Gasteiger charge is -2.32. The first kappa shape index (κ1) is 14.0. The molecule has 7 nitrogen and oxygen atoms in total. The predicted octanol–water partition coefficient (Wildman–Crippen LogP) is 1.19. The summed E-state index contributed by atoms with van der Waals surface area (Å²) in [6.07, 6.45) is 1.70. The third kappa shape index (κ3) is 3.03. The molecule has 1 aliphatic heterocycles. The fraction of sp³-hybridized carbons (Fsp3) is 0.500. The Morgan fingerprint density at radius 3 is 2.71 bits per heavy atom. The molecule has 3 rings (SSSR count). The van der Waals surface area contributed by atoms with Crippen molar-refractivity contribution < 1.29 is 4.92 Å². The van der Waals surface area contributed by atoms with E-state index < -0.39 is 0 Å². The van der Waals surface area contributed by atoms with Gasteiger partial charge in [0.15, 0.2) is 0 Å². The van der Waals surface area contributed by atoms with Crippen molar-refractivity contribution in [3.8, 4) is 0 Å². The number of nitrogens with zero attached hydrogens (tertiary/aromatic N) is 5. The van der Waals surface area contributed by atoms with Crippen LogP contribution in [0.4, 0.5) is 5.69 Å². The van der Waals surface area contributed by atoms with Gasteiger partial charge in [-0.3, -0.25) is 19.7 Å². The summed E-state index contributed by atoms with van der Waals surface area (Å²) in [5.74, 6) is 0. The maximum absolute atomic E-state index is 10.8. The van der Waals surface area contributed by atoms with Crippen LogP contribution >= 0.6 is 0 Å². The van der Waals surface area contributed by atoms with Crippen molar-refractivity contribution in [1.29, 1.82) is 0 Å². The van der Waals surface area contributed by atoms with Gasteiger partial charge in [0.05, 0.1) is 23.2 Å². The number of benzene rings is 1. The van der Waals surface area contributed by atoms with Crippen LogP contribution < -0.4 is 0 Å². The molecule has 1 aromatic heterocycles. The number of aromatic nitrogens is 2. The molecular weight excluding hydrogens is 270 g/mol. The molecule has 21 heavy (non-hydrogen) atoms. The maximum atomic E-state index is 10.8. The maximum Gasteiger partial charge on any atom is 0.270 e. The molecular formula is C14H19N5O2. The van der Waals surface area contributed by atoms with Crippen LogP contribution in [-0.4, -0.2) is 64.3 Å². The van der Waals surface area contributed by atoms with Crippen LogP contribution in [0.2, 0.25) is 0 Å². The van der Waals surface area contributed by atoms with E-state index in [1.807, 2.05) is 4.68 Å². The number of rotatable bonds is 4. The number of piperazine rings is 1. The topological polar surface area (TPSA) is 67.4 Å². The van der Waals surface area contributed by atoms with Crippen LogP contribution in [0.3, 0.4) is 0 Å². The fourth-order valence-corrected chi connectivity index (χ4v) is 2.67. The number of likely N-dealkylation sites (N-methyl/N-ethyl adjacent to an activating group) is 1. The highest BCUT2D eigenvalue weighted by atomic mass is 16.6. The van der Waals surface area contributed by atoms with Gasteiger partial charge in [0.2, 0.25) is 0 Å². The van der Waals surface area contributed by atoms with E-state index in [1.165, 1.54) is 6.07 Å². The predicted molar refractivity (Wildman–Crippen MR) is 80.3 cm³/mol. The van der Waals surface area contributed by atoms with Crippen LogP contribution in [0.1, 0.15) is 0 Å². The monoisotopic (exact) mass is 289 g/mol. The van der Waals surface area contributed by atoms with Gasteiger partial charge in [-0.05, 0) is 13.1 Å². The lowest BCUT2D eigenvalue weighted by atomic mass is 10.2. The van der Waals surface area contributed by atoms with Gasteiger partial charge in [0.1, 0.15) is 0 Å². The van der Waals surface area contributed by atoms with E-state index in [-0.39, 0.29) is 10.6 Å². The second kappa shape index (κ2) is 5.79. The molecule has 1 aromatic carbocycles. The average molecular weight is 289 g/mol. The Labute approximate surface area is 122 Å². The van der Waals surface area contributed by atoms with Crippen molar-refractivity contribution >= 4 is 16.6 Å². The zero-order chi connectivity index (χ0) is 14.8. The minimum absolute atomic E-state index is 0.112. The minimum atomic E-state index is -0.374. The van der Waals surface area contributed by atoms with E-state index in [0.717, 1.165) is 50.2 Å². The number of hydrogen-bond donors (Lipinski definition) is 0. The van der Waals surface area contributed by atoms with Gasteiger partial charge in [-0.2, -0.15) is 5.10 Å². The third-order valence-corrected chi connectivity index (χ3v) is 4.06. The van der Waals surface area contributed by atoms with E-state index >= 15 is 0 Å². The second-order valence-corrected chi connectivity index (χ2v) is 5.51. The summed E-state index contributed by atoms with van der Waals surface area (Å²) in [4.78, 5) is 15.2. The molecule has 0 atom stereocenters. The van der Waals surface area contributed by atoms with Gasteiger partial charge in [-0.25, -0.2) is 0 Å². The Hall–Kier alpha value is -1.99. The highest BCUT2D eigenvalue weighted by Crippen LogP contribution is 2.20. The molecule has 2 heterocycles. The summed E-state index contributed by atoms with van der Waals surface area (Å²) in [6.45, 7) is 6.15. The summed E-state index contributed by atoms with van der Waals surface area (Å²) in [5, 5.41) is 16.0. The van der Waals surface area contributed by atoms with Gasteiger partial charge in [-0.15, -0.1) is 0 Å². The highest BCUT2D eigenvalue weighted by Gasteiger charge is 2.14. The molecule has 0 aliphatic carbocycles.